The molecule has 3 aromatic rings. The van der Waals surface area contributed by atoms with Gasteiger partial charge in [0.1, 0.15) is 34.7 Å². The minimum atomic E-state index is -1.29. The molecule has 1 fully saturated rings. The molecule has 1 aliphatic heterocycles. The number of hydrogen-bond acceptors (Lipinski definition) is 7. The summed E-state index contributed by atoms with van der Waals surface area (Å²) in [6.07, 6.45) is 0.927. The number of ether oxygens (including phenoxy) is 3. The van der Waals surface area contributed by atoms with Gasteiger partial charge in [-0.1, -0.05) is 24.3 Å². The van der Waals surface area contributed by atoms with Crippen LogP contribution in [0, 0.1) is 17.5 Å². The first-order chi connectivity index (χ1) is 23.0. The summed E-state index contributed by atoms with van der Waals surface area (Å²) >= 11 is 0. The van der Waals surface area contributed by atoms with Gasteiger partial charge in [0.25, 0.3) is 0 Å². The lowest BCUT2D eigenvalue weighted by molar-refractivity contribution is -0.120. The molecule has 0 unspecified atom stereocenters. The van der Waals surface area contributed by atoms with Crippen LogP contribution < -0.4 is 5.32 Å². The summed E-state index contributed by atoms with van der Waals surface area (Å²) in [6.45, 7) is 11.3. The molecule has 0 aliphatic carbocycles. The van der Waals surface area contributed by atoms with E-state index in [0.29, 0.717) is 36.3 Å². The number of benzene rings is 2. The first kappa shape index (κ1) is 37.4. The quantitative estimate of drug-likeness (QED) is 0.248. The van der Waals surface area contributed by atoms with E-state index in [9.17, 15) is 23.2 Å². The Labute approximate surface area is 285 Å². The average Bonchev–Trinajstić information content (AvgIpc) is 3.00. The summed E-state index contributed by atoms with van der Waals surface area (Å²) in [5.41, 5.74) is -0.0447. The maximum absolute atomic E-state index is 15.3. The third-order valence-electron chi connectivity index (χ3n) is 7.78. The molecule has 2 heterocycles. The third-order valence-corrected chi connectivity index (χ3v) is 7.78. The lowest BCUT2D eigenvalue weighted by Gasteiger charge is -2.34. The molecule has 0 bridgehead atoms. The summed E-state index contributed by atoms with van der Waals surface area (Å²) in [7, 11) is 0. The predicted molar refractivity (Wildman–Crippen MR) is 177 cm³/mol. The summed E-state index contributed by atoms with van der Waals surface area (Å²) in [6, 6.07) is 9.58. The monoisotopic (exact) mass is 683 g/mol. The number of nitrogens with zero attached hydrogens (tertiary/aromatic N) is 2. The molecule has 0 spiro atoms. The van der Waals surface area contributed by atoms with Crippen molar-refractivity contribution in [2.45, 2.75) is 90.1 Å². The zero-order valence-electron chi connectivity index (χ0n) is 28.7. The topological polar surface area (TPSA) is 107 Å². The molecule has 1 aromatic heterocycles. The van der Waals surface area contributed by atoms with Gasteiger partial charge in [-0.15, -0.1) is 0 Å². The van der Waals surface area contributed by atoms with E-state index >= 15 is 4.39 Å². The third kappa shape index (κ3) is 11.0. The molecule has 0 saturated carbocycles. The predicted octanol–water partition coefficient (Wildman–Crippen LogP) is 6.90. The average molecular weight is 684 g/mol. The molecule has 49 heavy (non-hydrogen) atoms. The maximum atomic E-state index is 15.3. The Bertz CT molecular complexity index is 1560. The molecule has 9 nitrogen and oxygen atoms in total. The lowest BCUT2D eigenvalue weighted by atomic mass is 9.81. The number of morpholine rings is 1. The fourth-order valence-electron chi connectivity index (χ4n) is 5.63. The Morgan fingerprint density at radius 2 is 1.47 bits per heavy atom. The zero-order chi connectivity index (χ0) is 35.9. The van der Waals surface area contributed by atoms with Crippen LogP contribution in [-0.4, -0.2) is 70.9 Å². The van der Waals surface area contributed by atoms with Crippen LogP contribution in [0.1, 0.15) is 76.1 Å². The molecular weight excluding hydrogens is 639 g/mol. The van der Waals surface area contributed by atoms with Gasteiger partial charge in [-0.05, 0) is 101 Å². The lowest BCUT2D eigenvalue weighted by Crippen LogP contribution is -2.48. The second-order valence-electron chi connectivity index (χ2n) is 14.1. The van der Waals surface area contributed by atoms with Crippen LogP contribution in [0.2, 0.25) is 0 Å². The Morgan fingerprint density at radius 1 is 0.898 bits per heavy atom. The van der Waals surface area contributed by atoms with E-state index in [-0.39, 0.29) is 24.9 Å². The van der Waals surface area contributed by atoms with E-state index in [1.54, 1.807) is 46.4 Å². The molecule has 0 radical (unpaired) electrons. The van der Waals surface area contributed by atoms with E-state index < -0.39 is 64.7 Å². The van der Waals surface area contributed by atoms with Crippen molar-refractivity contribution in [2.75, 3.05) is 19.7 Å². The van der Waals surface area contributed by atoms with Crippen molar-refractivity contribution in [3.05, 3.63) is 101 Å². The van der Waals surface area contributed by atoms with Crippen molar-refractivity contribution >= 4 is 18.0 Å². The molecular formula is C37H44F3N3O6. The number of aromatic nitrogens is 1. The van der Waals surface area contributed by atoms with Crippen molar-refractivity contribution in [1.82, 2.24) is 15.2 Å². The van der Waals surface area contributed by atoms with Crippen LogP contribution in [0.3, 0.4) is 0 Å². The van der Waals surface area contributed by atoms with Crippen LogP contribution in [-0.2, 0) is 31.8 Å². The number of pyridine rings is 1. The first-order valence-electron chi connectivity index (χ1n) is 16.2. The molecule has 1 saturated heterocycles. The normalized spacial score (nSPS) is 15.9. The maximum Gasteiger partial charge on any atom is 0.410 e. The molecule has 264 valence electrons. The number of rotatable bonds is 10. The van der Waals surface area contributed by atoms with E-state index in [4.69, 9.17) is 14.2 Å². The second-order valence-corrected chi connectivity index (χ2v) is 14.1. The SMILES string of the molecule is CC(C)(C)OC(=O)N[C@H](C(=O)Cc1cncc(F)c1CC[C@@H]1CN(C(=O)OC(C)(C)C)CCO1)C(c1ccc(F)cc1)c1ccc(F)cc1. The zero-order valence-corrected chi connectivity index (χ0v) is 28.7. The molecule has 12 heteroatoms. The minimum absolute atomic E-state index is 0.174. The molecule has 2 atom stereocenters. The Hall–Kier alpha value is -4.45. The number of carbonyl (C=O) groups is 3. The summed E-state index contributed by atoms with van der Waals surface area (Å²) < 4.78 is 60.2. The van der Waals surface area contributed by atoms with Gasteiger partial charge < -0.3 is 24.4 Å². The van der Waals surface area contributed by atoms with Gasteiger partial charge in [0.05, 0.1) is 25.5 Å². The van der Waals surface area contributed by atoms with Gasteiger partial charge in [-0.25, -0.2) is 22.8 Å². The fourth-order valence-corrected chi connectivity index (χ4v) is 5.63. The van der Waals surface area contributed by atoms with Crippen LogP contribution in [0.15, 0.2) is 60.9 Å². The Morgan fingerprint density at radius 3 is 2.02 bits per heavy atom. The van der Waals surface area contributed by atoms with E-state index in [1.165, 1.54) is 54.7 Å². The molecule has 1 N–H and O–H groups in total. The van der Waals surface area contributed by atoms with Gasteiger partial charge in [-0.3, -0.25) is 9.78 Å². The van der Waals surface area contributed by atoms with Crippen molar-refractivity contribution < 1.29 is 41.8 Å². The molecule has 2 amide bonds. The highest BCUT2D eigenvalue weighted by Gasteiger charge is 2.35. The first-order valence-corrected chi connectivity index (χ1v) is 16.2. The number of Topliss-reactive ketones (excluding diaryl/α,β-unsaturated/α-hetero) is 1. The summed E-state index contributed by atoms with van der Waals surface area (Å²) in [5.74, 6) is -3.02. The van der Waals surface area contributed by atoms with Crippen molar-refractivity contribution in [3.63, 3.8) is 0 Å². The van der Waals surface area contributed by atoms with E-state index in [0.717, 1.165) is 6.20 Å². The fraction of sp³-hybridized carbons (Fsp3) is 0.459. The minimum Gasteiger partial charge on any atom is -0.444 e. The molecule has 4 rings (SSSR count). The largest absolute Gasteiger partial charge is 0.444 e. The number of carbonyl (C=O) groups excluding carboxylic acids is 3. The van der Waals surface area contributed by atoms with Gasteiger partial charge in [0.2, 0.25) is 0 Å². The summed E-state index contributed by atoms with van der Waals surface area (Å²) in [5, 5.41) is 2.69. The number of ketones is 1. The van der Waals surface area contributed by atoms with Gasteiger partial charge in [0, 0.05) is 25.1 Å². The molecule has 1 aliphatic rings. The number of hydrogen-bond donors (Lipinski definition) is 1. The van der Waals surface area contributed by atoms with E-state index in [2.05, 4.69) is 10.3 Å². The number of alkyl carbamates (subject to hydrolysis) is 1. The number of nitrogens with one attached hydrogen (secondary N) is 1. The second kappa shape index (κ2) is 15.8. The smallest absolute Gasteiger partial charge is 0.410 e. The number of amides is 2. The van der Waals surface area contributed by atoms with Gasteiger partial charge in [0.15, 0.2) is 5.78 Å². The standard InChI is InChI=1S/C37H44F3N3O6/c1-36(2,3)48-34(45)42-33(32(23-7-11-26(38)12-8-23)24-9-13-27(39)14-10-24)31(44)19-25-20-41-21-30(40)29(25)16-15-28-22-43(17-18-47-28)35(46)49-37(4,5)6/h7-14,20-21,28,32-33H,15-19,22H2,1-6H3,(H,42,45)/t28-,33-/m1/s1. The van der Waals surface area contributed by atoms with Gasteiger partial charge in [-0.2, -0.15) is 0 Å². The van der Waals surface area contributed by atoms with Crippen molar-refractivity contribution in [1.29, 1.82) is 0 Å². The van der Waals surface area contributed by atoms with Crippen LogP contribution >= 0.6 is 0 Å². The highest BCUT2D eigenvalue weighted by atomic mass is 19.1. The van der Waals surface area contributed by atoms with Crippen molar-refractivity contribution in [3.8, 4) is 0 Å². The number of halogens is 3. The molecule has 2 aromatic carbocycles. The van der Waals surface area contributed by atoms with Crippen LogP contribution in [0.4, 0.5) is 22.8 Å². The van der Waals surface area contributed by atoms with E-state index in [1.807, 2.05) is 0 Å². The van der Waals surface area contributed by atoms with Crippen molar-refractivity contribution in [2.24, 2.45) is 0 Å². The van der Waals surface area contributed by atoms with Gasteiger partial charge >= 0.3 is 12.2 Å². The van der Waals surface area contributed by atoms with Crippen LogP contribution in [0.25, 0.3) is 0 Å². The highest BCUT2D eigenvalue weighted by Crippen LogP contribution is 2.31. The Balaban J connectivity index is 1.62. The highest BCUT2D eigenvalue weighted by molar-refractivity contribution is 5.91. The Kier molecular flexibility index (Phi) is 12.1. The van der Waals surface area contributed by atoms with Crippen LogP contribution in [0.5, 0.6) is 0 Å². The summed E-state index contributed by atoms with van der Waals surface area (Å²) in [4.78, 5) is 45.6.